The Balaban J connectivity index is 1.56. The van der Waals surface area contributed by atoms with Crippen molar-refractivity contribution in [2.45, 2.75) is 8.68 Å². The van der Waals surface area contributed by atoms with Gasteiger partial charge in [-0.1, -0.05) is 34.9 Å². The maximum atomic E-state index is 12.3. The van der Waals surface area contributed by atoms with E-state index in [1.165, 1.54) is 34.9 Å². The molecule has 0 spiro atoms. The molecule has 0 bridgehead atoms. The number of nitrogens with two attached hydrogens (primary N) is 1. The van der Waals surface area contributed by atoms with Gasteiger partial charge in [-0.3, -0.25) is 9.59 Å². The smallest absolute Gasteiger partial charge is 0.227 e. The van der Waals surface area contributed by atoms with E-state index in [0.717, 1.165) is 0 Å². The Morgan fingerprint density at radius 2 is 1.75 bits per heavy atom. The minimum atomic E-state index is -0.404. The fourth-order valence-corrected chi connectivity index (χ4v) is 4.53. The quantitative estimate of drug-likeness (QED) is 0.571. The van der Waals surface area contributed by atoms with E-state index in [4.69, 9.17) is 15.2 Å². The van der Waals surface area contributed by atoms with Gasteiger partial charge < -0.3 is 15.2 Å². The molecule has 7 nitrogen and oxygen atoms in total. The number of hydrogen-bond acceptors (Lipinski definition) is 9. The molecule has 0 atom stereocenters. The summed E-state index contributed by atoms with van der Waals surface area (Å²) in [6, 6.07) is 5.17. The minimum absolute atomic E-state index is 0.0292. The van der Waals surface area contributed by atoms with Gasteiger partial charge in [0.2, 0.25) is 5.91 Å². The number of benzene rings is 1. The predicted octanol–water partition coefficient (Wildman–Crippen LogP) is 1.86. The molecule has 0 fully saturated rings. The molecular formula is C14H13N3O4S3. The molecule has 3 rings (SSSR count). The summed E-state index contributed by atoms with van der Waals surface area (Å²) in [4.78, 5) is 23.0. The van der Waals surface area contributed by atoms with Crippen molar-refractivity contribution in [1.29, 1.82) is 0 Å². The summed E-state index contributed by atoms with van der Waals surface area (Å²) >= 11 is 3.88. The Bertz CT molecular complexity index is 765. The van der Waals surface area contributed by atoms with Crippen molar-refractivity contribution in [2.75, 3.05) is 24.7 Å². The molecule has 1 aliphatic heterocycles. The van der Waals surface area contributed by atoms with Crippen LogP contribution < -0.4 is 15.2 Å². The standard InChI is InChI=1S/C14H13N3O4S3/c15-12(19)7-23-14-17-16-13(24-14)22-6-9(18)8-1-2-10-11(5-8)21-4-3-20-10/h1-2,5H,3-4,6-7H2,(H2,15,19). The first-order valence-electron chi connectivity index (χ1n) is 6.92. The second-order valence-electron chi connectivity index (χ2n) is 4.66. The van der Waals surface area contributed by atoms with Crippen LogP contribution in [0.25, 0.3) is 0 Å². The van der Waals surface area contributed by atoms with Gasteiger partial charge in [-0.15, -0.1) is 10.2 Å². The number of carbonyl (C=O) groups is 2. The van der Waals surface area contributed by atoms with Gasteiger partial charge in [0.1, 0.15) is 13.2 Å². The Morgan fingerprint density at radius 3 is 2.46 bits per heavy atom. The molecule has 10 heteroatoms. The van der Waals surface area contributed by atoms with Crippen LogP contribution in [0.5, 0.6) is 11.5 Å². The van der Waals surface area contributed by atoms with Crippen molar-refractivity contribution in [3.8, 4) is 11.5 Å². The number of aromatic nitrogens is 2. The van der Waals surface area contributed by atoms with E-state index in [1.807, 2.05) is 0 Å². The molecule has 1 aromatic heterocycles. The zero-order chi connectivity index (χ0) is 16.9. The number of primary amides is 1. The molecule has 0 radical (unpaired) electrons. The topological polar surface area (TPSA) is 104 Å². The summed E-state index contributed by atoms with van der Waals surface area (Å²) in [6.45, 7) is 0.999. The van der Waals surface area contributed by atoms with E-state index in [0.29, 0.717) is 39.0 Å². The van der Waals surface area contributed by atoms with Crippen LogP contribution in [-0.4, -0.2) is 46.6 Å². The molecule has 2 N–H and O–H groups in total. The SMILES string of the molecule is NC(=O)CSc1nnc(SCC(=O)c2ccc3c(c2)OCCO3)s1. The molecule has 1 amide bonds. The van der Waals surface area contributed by atoms with E-state index in [9.17, 15) is 9.59 Å². The van der Waals surface area contributed by atoms with Crippen LogP contribution >= 0.6 is 34.9 Å². The van der Waals surface area contributed by atoms with E-state index >= 15 is 0 Å². The molecule has 0 aliphatic carbocycles. The number of ketones is 1. The second kappa shape index (κ2) is 7.86. The summed E-state index contributed by atoms with van der Waals surface area (Å²) < 4.78 is 12.2. The fourth-order valence-electron chi connectivity index (χ4n) is 1.87. The maximum Gasteiger partial charge on any atom is 0.227 e. The van der Waals surface area contributed by atoms with Crippen LogP contribution in [0, 0.1) is 0 Å². The van der Waals surface area contributed by atoms with Gasteiger partial charge in [-0.05, 0) is 18.2 Å². The Labute approximate surface area is 150 Å². The lowest BCUT2D eigenvalue weighted by molar-refractivity contribution is -0.115. The van der Waals surface area contributed by atoms with Crippen molar-refractivity contribution < 1.29 is 19.1 Å². The molecule has 126 valence electrons. The van der Waals surface area contributed by atoms with Gasteiger partial charge in [0, 0.05) is 5.56 Å². The van der Waals surface area contributed by atoms with Gasteiger partial charge in [0.15, 0.2) is 26.0 Å². The van der Waals surface area contributed by atoms with Crippen LogP contribution in [0.4, 0.5) is 0 Å². The van der Waals surface area contributed by atoms with Crippen molar-refractivity contribution in [3.63, 3.8) is 0 Å². The molecular weight excluding hydrogens is 370 g/mol. The van der Waals surface area contributed by atoms with E-state index < -0.39 is 5.91 Å². The molecule has 0 saturated carbocycles. The molecule has 0 unspecified atom stereocenters. The van der Waals surface area contributed by atoms with Crippen molar-refractivity contribution in [1.82, 2.24) is 10.2 Å². The zero-order valence-corrected chi connectivity index (χ0v) is 14.8. The van der Waals surface area contributed by atoms with Crippen molar-refractivity contribution in [2.24, 2.45) is 5.73 Å². The summed E-state index contributed by atoms with van der Waals surface area (Å²) in [5, 5.41) is 7.94. The molecule has 2 aromatic rings. The van der Waals surface area contributed by atoms with Crippen molar-refractivity contribution in [3.05, 3.63) is 23.8 Å². The van der Waals surface area contributed by atoms with Crippen LogP contribution in [0.15, 0.2) is 26.9 Å². The summed E-state index contributed by atoms with van der Waals surface area (Å²) in [6.07, 6.45) is 0. The monoisotopic (exact) mass is 383 g/mol. The number of ether oxygens (including phenoxy) is 2. The third kappa shape index (κ3) is 4.40. The number of amides is 1. The number of hydrogen-bond donors (Lipinski definition) is 1. The van der Waals surface area contributed by atoms with E-state index in [2.05, 4.69) is 10.2 Å². The predicted molar refractivity (Wildman–Crippen MR) is 92.3 cm³/mol. The van der Waals surface area contributed by atoms with E-state index in [-0.39, 0.29) is 17.3 Å². The molecule has 2 heterocycles. The van der Waals surface area contributed by atoms with Gasteiger partial charge >= 0.3 is 0 Å². The van der Waals surface area contributed by atoms with Gasteiger partial charge in [-0.25, -0.2) is 0 Å². The van der Waals surface area contributed by atoms with Crippen LogP contribution in [-0.2, 0) is 4.79 Å². The number of thioether (sulfide) groups is 2. The highest BCUT2D eigenvalue weighted by atomic mass is 32.2. The first-order chi connectivity index (χ1) is 11.6. The average Bonchev–Trinajstić information content (AvgIpc) is 3.05. The fraction of sp³-hybridized carbons (Fsp3) is 0.286. The molecule has 0 saturated heterocycles. The van der Waals surface area contributed by atoms with Gasteiger partial charge in [0.05, 0.1) is 11.5 Å². The van der Waals surface area contributed by atoms with Gasteiger partial charge in [-0.2, -0.15) is 0 Å². The van der Waals surface area contributed by atoms with Crippen LogP contribution in [0.1, 0.15) is 10.4 Å². The minimum Gasteiger partial charge on any atom is -0.486 e. The lowest BCUT2D eigenvalue weighted by atomic mass is 10.1. The first-order valence-corrected chi connectivity index (χ1v) is 9.71. The summed E-state index contributed by atoms with van der Waals surface area (Å²) in [7, 11) is 0. The Hall–Kier alpha value is -1.78. The van der Waals surface area contributed by atoms with Crippen LogP contribution in [0.3, 0.4) is 0 Å². The number of carbonyl (C=O) groups excluding carboxylic acids is 2. The number of nitrogens with zero attached hydrogens (tertiary/aromatic N) is 2. The number of Topliss-reactive ketones (excluding diaryl/α,β-unsaturated/α-hetero) is 1. The highest BCUT2D eigenvalue weighted by Gasteiger charge is 2.16. The normalized spacial score (nSPS) is 12.8. The Kier molecular flexibility index (Phi) is 5.59. The van der Waals surface area contributed by atoms with Crippen LogP contribution in [0.2, 0.25) is 0 Å². The molecule has 24 heavy (non-hydrogen) atoms. The highest BCUT2D eigenvalue weighted by Crippen LogP contribution is 2.32. The highest BCUT2D eigenvalue weighted by molar-refractivity contribution is 8.03. The lowest BCUT2D eigenvalue weighted by Gasteiger charge is -2.18. The van der Waals surface area contributed by atoms with E-state index in [1.54, 1.807) is 18.2 Å². The summed E-state index contributed by atoms with van der Waals surface area (Å²) in [5.41, 5.74) is 5.66. The average molecular weight is 383 g/mol. The second-order valence-corrected chi connectivity index (χ2v) is 8.08. The molecule has 1 aromatic carbocycles. The largest absolute Gasteiger partial charge is 0.486 e. The number of rotatable bonds is 7. The number of fused-ring (bicyclic) bond motifs is 1. The third-order valence-electron chi connectivity index (χ3n) is 2.92. The van der Waals surface area contributed by atoms with Crippen molar-refractivity contribution >= 4 is 46.6 Å². The molecule has 1 aliphatic rings. The van der Waals surface area contributed by atoms with Gasteiger partial charge in [0.25, 0.3) is 0 Å². The lowest BCUT2D eigenvalue weighted by Crippen LogP contribution is -2.16. The Morgan fingerprint density at radius 1 is 1.08 bits per heavy atom. The maximum absolute atomic E-state index is 12.3. The third-order valence-corrected chi connectivity index (χ3v) is 6.13. The first kappa shape index (κ1) is 17.1. The zero-order valence-electron chi connectivity index (χ0n) is 12.4. The summed E-state index contributed by atoms with van der Waals surface area (Å²) in [5.74, 6) is 1.23.